The van der Waals surface area contributed by atoms with Crippen LogP contribution in [0, 0.1) is 0 Å². The zero-order valence-electron chi connectivity index (χ0n) is 34.8. The van der Waals surface area contributed by atoms with Gasteiger partial charge in [-0.05, 0) is 61.3 Å². The number of carbonyl (C=O) groups excluding carboxylic acids is 5. The Balaban J connectivity index is 0.000000188. The highest BCUT2D eigenvalue weighted by atomic mass is 16.5. The zero-order valence-corrected chi connectivity index (χ0v) is 34.8. The number of ether oxygens (including phenoxy) is 1. The van der Waals surface area contributed by atoms with E-state index in [1.165, 1.54) is 30.0 Å². The number of benzene rings is 4. The lowest BCUT2D eigenvalue weighted by atomic mass is 9.98. The van der Waals surface area contributed by atoms with Crippen LogP contribution in [0.3, 0.4) is 0 Å². The van der Waals surface area contributed by atoms with Gasteiger partial charge >= 0.3 is 5.97 Å². The van der Waals surface area contributed by atoms with Gasteiger partial charge in [0.25, 0.3) is 5.91 Å². The number of fused-ring (bicyclic) bond motifs is 1. The van der Waals surface area contributed by atoms with Crippen molar-refractivity contribution < 1.29 is 28.7 Å². The maximum Gasteiger partial charge on any atom is 0.306 e. The van der Waals surface area contributed by atoms with Gasteiger partial charge in [-0.25, -0.2) is 9.97 Å². The Hall–Kier alpha value is -7.15. The van der Waals surface area contributed by atoms with Gasteiger partial charge in [-0.3, -0.25) is 29.3 Å². The average Bonchev–Trinajstić information content (AvgIpc) is 3.63. The normalized spacial score (nSPS) is 15.2. The van der Waals surface area contributed by atoms with E-state index in [-0.39, 0.29) is 48.4 Å². The minimum atomic E-state index is -0.794. The average molecular weight is 834 g/mol. The summed E-state index contributed by atoms with van der Waals surface area (Å²) in [6, 6.07) is 35.2. The molecular weight excluding hydrogens is 783 g/mol. The van der Waals surface area contributed by atoms with Crippen LogP contribution in [0.1, 0.15) is 84.1 Å². The highest BCUT2D eigenvalue weighted by molar-refractivity contribution is 6.09. The lowest BCUT2D eigenvalue weighted by molar-refractivity contribution is -0.150. The van der Waals surface area contributed by atoms with Gasteiger partial charge in [0.1, 0.15) is 29.9 Å². The molecule has 1 aliphatic heterocycles. The smallest absolute Gasteiger partial charge is 0.306 e. The van der Waals surface area contributed by atoms with E-state index in [2.05, 4.69) is 85.8 Å². The number of aldehydes is 1. The first-order valence-corrected chi connectivity index (χ1v) is 21.1. The summed E-state index contributed by atoms with van der Waals surface area (Å²) < 4.78 is 7.77. The predicted molar refractivity (Wildman–Crippen MR) is 239 cm³/mol. The summed E-state index contributed by atoms with van der Waals surface area (Å²) in [7, 11) is 1.48. The van der Waals surface area contributed by atoms with Crippen molar-refractivity contribution in [2.45, 2.75) is 76.5 Å². The molecule has 2 fully saturated rings. The number of nitrogens with one attached hydrogen (secondary N) is 2. The molecule has 4 N–H and O–H groups in total. The van der Waals surface area contributed by atoms with Crippen molar-refractivity contribution in [3.8, 4) is 22.4 Å². The monoisotopic (exact) mass is 833 g/mol. The molecule has 0 bridgehead atoms. The third kappa shape index (κ3) is 10.1. The number of likely N-dealkylation sites (N-methyl/N-ethyl adjacent to an activating group) is 1. The van der Waals surface area contributed by atoms with E-state index in [0.29, 0.717) is 37.3 Å². The van der Waals surface area contributed by atoms with Crippen LogP contribution in [0.4, 0.5) is 11.5 Å². The summed E-state index contributed by atoms with van der Waals surface area (Å²) in [5.41, 5.74) is 13.6. The molecule has 1 unspecified atom stereocenters. The molecule has 6 aromatic rings. The lowest BCUT2D eigenvalue weighted by Crippen LogP contribution is -2.53. The number of piperidine rings is 1. The second-order valence-corrected chi connectivity index (χ2v) is 15.5. The van der Waals surface area contributed by atoms with E-state index in [4.69, 9.17) is 10.5 Å². The Kier molecular flexibility index (Phi) is 14.1. The number of nitrogens with two attached hydrogens (primary N) is 1. The van der Waals surface area contributed by atoms with Crippen molar-refractivity contribution in [2.75, 3.05) is 24.6 Å². The van der Waals surface area contributed by atoms with Gasteiger partial charge in [0.05, 0.1) is 16.6 Å². The van der Waals surface area contributed by atoms with Gasteiger partial charge in [-0.1, -0.05) is 110 Å². The molecule has 4 aromatic carbocycles. The van der Waals surface area contributed by atoms with Gasteiger partial charge in [-0.2, -0.15) is 0 Å². The van der Waals surface area contributed by atoms with E-state index in [1.807, 2.05) is 30.3 Å². The van der Waals surface area contributed by atoms with Gasteiger partial charge in [-0.15, -0.1) is 0 Å². The fourth-order valence-corrected chi connectivity index (χ4v) is 8.20. The minimum Gasteiger partial charge on any atom is -0.462 e. The standard InChI is InChI=1S/C25H20N4.C24H31N3O6/c26-24-22-21(19-12-6-2-7-13-19)23(20-14-8-3-9-15-20)29(25(22)28-17-27-24)16-18-10-4-1-5-11-18;1-27(19-12-13-20(29)26-23(19)31)24(32)22-16(15-28)7-5-10-18(22)25-14-6-11-21(30)33-17-8-3-2-4-9-17/h1-15,17H,16H2,(H2,26,27,28);5,7,10,15,17,19,25H,2-4,6,8-9,11-14H2,1H3,(H,26,29,31). The summed E-state index contributed by atoms with van der Waals surface area (Å²) >= 11 is 0. The van der Waals surface area contributed by atoms with Crippen LogP contribution in [0.15, 0.2) is 116 Å². The number of nitrogens with zero attached hydrogens (tertiary/aromatic N) is 4. The second-order valence-electron chi connectivity index (χ2n) is 15.5. The lowest BCUT2D eigenvalue weighted by Gasteiger charge is -2.30. The summed E-state index contributed by atoms with van der Waals surface area (Å²) in [6.45, 7) is 1.11. The van der Waals surface area contributed by atoms with E-state index in [0.717, 1.165) is 59.1 Å². The number of aromatic nitrogens is 3. The molecule has 62 heavy (non-hydrogen) atoms. The number of anilines is 2. The van der Waals surface area contributed by atoms with Crippen molar-refractivity contribution in [1.82, 2.24) is 24.8 Å². The Morgan fingerprint density at radius 1 is 0.871 bits per heavy atom. The minimum absolute atomic E-state index is 0.0236. The first-order valence-electron chi connectivity index (χ1n) is 21.1. The maximum absolute atomic E-state index is 13.2. The molecule has 1 saturated heterocycles. The zero-order chi connectivity index (χ0) is 43.4. The summed E-state index contributed by atoms with van der Waals surface area (Å²) in [6.07, 6.45) is 8.53. The van der Waals surface area contributed by atoms with Crippen LogP contribution in [0.25, 0.3) is 33.4 Å². The van der Waals surface area contributed by atoms with Gasteiger partial charge in [0.15, 0.2) is 6.29 Å². The van der Waals surface area contributed by atoms with Crippen molar-refractivity contribution in [1.29, 1.82) is 0 Å². The molecule has 2 aliphatic rings. The fraction of sp³-hybridized carbons (Fsp3) is 0.286. The van der Waals surface area contributed by atoms with E-state index < -0.39 is 17.9 Å². The molecule has 0 spiro atoms. The molecule has 13 heteroatoms. The van der Waals surface area contributed by atoms with Crippen LogP contribution in [-0.4, -0.2) is 75.2 Å². The van der Waals surface area contributed by atoms with Crippen molar-refractivity contribution in [3.05, 3.63) is 132 Å². The molecule has 1 saturated carbocycles. The summed E-state index contributed by atoms with van der Waals surface area (Å²) in [5.74, 6) is -1.12. The van der Waals surface area contributed by atoms with Crippen molar-refractivity contribution in [2.24, 2.45) is 0 Å². The van der Waals surface area contributed by atoms with Crippen LogP contribution < -0.4 is 16.4 Å². The number of imide groups is 1. The fourth-order valence-electron chi connectivity index (χ4n) is 8.20. The van der Waals surface area contributed by atoms with Crippen molar-refractivity contribution in [3.63, 3.8) is 0 Å². The van der Waals surface area contributed by atoms with E-state index >= 15 is 0 Å². The van der Waals surface area contributed by atoms with Gasteiger partial charge < -0.3 is 25.3 Å². The number of esters is 1. The predicted octanol–water partition coefficient (Wildman–Crippen LogP) is 7.84. The Morgan fingerprint density at radius 3 is 2.23 bits per heavy atom. The Bertz CT molecular complexity index is 2520. The number of nitrogen functional groups attached to an aromatic ring is 1. The number of carbonyl (C=O) groups is 5. The largest absolute Gasteiger partial charge is 0.462 e. The summed E-state index contributed by atoms with van der Waals surface area (Å²) in [4.78, 5) is 70.7. The van der Waals surface area contributed by atoms with Crippen LogP contribution in [0.2, 0.25) is 0 Å². The summed E-state index contributed by atoms with van der Waals surface area (Å²) in [5, 5.41) is 6.27. The number of amides is 3. The highest BCUT2D eigenvalue weighted by Gasteiger charge is 2.34. The van der Waals surface area contributed by atoms with Crippen LogP contribution in [-0.2, 0) is 25.7 Å². The molecule has 13 nitrogen and oxygen atoms in total. The molecule has 3 amide bonds. The molecule has 1 atom stereocenters. The van der Waals surface area contributed by atoms with E-state index in [9.17, 15) is 24.0 Å². The number of hydrogen-bond acceptors (Lipinski definition) is 10. The topological polar surface area (TPSA) is 179 Å². The molecule has 1 aliphatic carbocycles. The molecule has 3 heterocycles. The molecule has 0 radical (unpaired) electrons. The third-order valence-electron chi connectivity index (χ3n) is 11.3. The number of hydrogen-bond donors (Lipinski definition) is 3. The maximum atomic E-state index is 13.2. The second kappa shape index (κ2) is 20.4. The van der Waals surface area contributed by atoms with Crippen LogP contribution >= 0.6 is 0 Å². The Morgan fingerprint density at radius 2 is 1.55 bits per heavy atom. The quantitative estimate of drug-likeness (QED) is 0.0449. The van der Waals surface area contributed by atoms with Gasteiger partial charge in [0.2, 0.25) is 11.8 Å². The van der Waals surface area contributed by atoms with Crippen molar-refractivity contribution >= 4 is 52.5 Å². The molecule has 8 rings (SSSR count). The van der Waals surface area contributed by atoms with Gasteiger partial charge in [0, 0.05) is 49.8 Å². The van der Waals surface area contributed by atoms with Crippen LogP contribution in [0.5, 0.6) is 0 Å². The Labute approximate surface area is 360 Å². The first-order chi connectivity index (χ1) is 30.2. The third-order valence-corrected chi connectivity index (χ3v) is 11.3. The molecule has 2 aromatic heterocycles. The molecular formula is C49H51N7O6. The number of rotatable bonds is 13. The highest BCUT2D eigenvalue weighted by Crippen LogP contribution is 2.42. The first kappa shape index (κ1) is 43.0. The SMILES string of the molecule is CN(C(=O)c1c(C=O)cccc1NCCCC(=O)OC1CCCCC1)C1CCC(=O)NC1=O.Nc1ncnc2c1c(-c1ccccc1)c(-c1ccccc1)n2Cc1ccccc1. The molecule has 318 valence electrons. The van der Waals surface area contributed by atoms with E-state index in [1.54, 1.807) is 18.5 Å².